The van der Waals surface area contributed by atoms with Gasteiger partial charge in [0.05, 0.1) is 5.69 Å². The first-order chi connectivity index (χ1) is 12.9. The summed E-state index contributed by atoms with van der Waals surface area (Å²) in [4.78, 5) is 3.47. The van der Waals surface area contributed by atoms with Gasteiger partial charge < -0.3 is 0 Å². The second kappa shape index (κ2) is 5.89. The van der Waals surface area contributed by atoms with Crippen molar-refractivity contribution < 1.29 is 4.40 Å². The Bertz CT molecular complexity index is 1170. The summed E-state index contributed by atoms with van der Waals surface area (Å²) in [7, 11) is 0. The third-order valence-electron chi connectivity index (χ3n) is 5.29. The number of benzene rings is 2. The summed E-state index contributed by atoms with van der Waals surface area (Å²) >= 11 is 0. The third kappa shape index (κ3) is 2.18. The number of nitrogens with one attached hydrogen (secondary N) is 2. The number of nitrogens with zero attached hydrogens (tertiary/aromatic N) is 2. The molecule has 0 amide bonds. The molecule has 0 unspecified atom stereocenters. The highest BCUT2D eigenvalue weighted by molar-refractivity contribution is 5.79. The number of pyridine rings is 1. The fourth-order valence-corrected chi connectivity index (χ4v) is 4.12. The van der Waals surface area contributed by atoms with E-state index in [9.17, 15) is 5.26 Å². The summed E-state index contributed by atoms with van der Waals surface area (Å²) in [6.45, 7) is 0. The topological polar surface area (TPSA) is 55.7 Å². The maximum Gasteiger partial charge on any atom is 0.250 e. The summed E-state index contributed by atoms with van der Waals surface area (Å²) < 4.78 is 2.19. The quantitative estimate of drug-likeness (QED) is 0.532. The number of H-pyrrole nitrogens is 1. The lowest BCUT2D eigenvalue weighted by Crippen LogP contribution is -2.30. The molecule has 2 N–H and O–H groups in total. The minimum atomic E-state index is 0.787. The van der Waals surface area contributed by atoms with Gasteiger partial charge in [-0.2, -0.15) is 9.66 Å². The van der Waals surface area contributed by atoms with Gasteiger partial charge in [0.2, 0.25) is 11.5 Å². The van der Waals surface area contributed by atoms with Crippen LogP contribution in [0.15, 0.2) is 54.6 Å². The van der Waals surface area contributed by atoms with E-state index in [0.717, 1.165) is 59.4 Å². The van der Waals surface area contributed by atoms with Crippen molar-refractivity contribution in [3.8, 4) is 6.07 Å². The molecule has 0 bridgehead atoms. The SMILES string of the molecule is N#Cc1c2c(c(Nc3ccccc3)[n+]3c1[nH]c1ccccc13)CCCC2. The highest BCUT2D eigenvalue weighted by Crippen LogP contribution is 2.32. The van der Waals surface area contributed by atoms with E-state index in [1.807, 2.05) is 30.3 Å². The van der Waals surface area contributed by atoms with E-state index in [1.165, 1.54) is 11.1 Å². The van der Waals surface area contributed by atoms with Crippen LogP contribution in [0, 0.1) is 11.3 Å². The molecular weight excluding hydrogens is 320 g/mol. The van der Waals surface area contributed by atoms with Gasteiger partial charge >= 0.3 is 0 Å². The molecule has 0 saturated carbocycles. The van der Waals surface area contributed by atoms with Gasteiger partial charge in [-0.3, -0.25) is 10.3 Å². The van der Waals surface area contributed by atoms with Crippen molar-refractivity contribution in [3.05, 3.63) is 71.3 Å². The van der Waals surface area contributed by atoms with Gasteiger partial charge in [-0.25, -0.2) is 0 Å². The predicted octanol–water partition coefficient (Wildman–Crippen LogP) is 4.40. The predicted molar refractivity (Wildman–Crippen MR) is 103 cm³/mol. The lowest BCUT2D eigenvalue weighted by atomic mass is 9.89. The Labute approximate surface area is 151 Å². The van der Waals surface area contributed by atoms with Gasteiger partial charge in [0.25, 0.3) is 0 Å². The number of anilines is 2. The number of aromatic nitrogens is 2. The molecule has 2 aromatic carbocycles. The van der Waals surface area contributed by atoms with Gasteiger partial charge in [-0.1, -0.05) is 30.3 Å². The minimum absolute atomic E-state index is 0.787. The molecule has 0 saturated heterocycles. The lowest BCUT2D eigenvalue weighted by Gasteiger charge is -2.19. The zero-order chi connectivity index (χ0) is 17.5. The van der Waals surface area contributed by atoms with Crippen LogP contribution in [0.3, 0.4) is 0 Å². The van der Waals surface area contributed by atoms with E-state index in [4.69, 9.17) is 0 Å². The number of aromatic amines is 1. The van der Waals surface area contributed by atoms with Crippen LogP contribution < -0.4 is 9.72 Å². The maximum absolute atomic E-state index is 9.89. The fourth-order valence-electron chi connectivity index (χ4n) is 4.12. The normalized spacial score (nSPS) is 13.5. The van der Waals surface area contributed by atoms with Crippen LogP contribution in [0.25, 0.3) is 16.7 Å². The number of nitriles is 1. The summed E-state index contributed by atoms with van der Waals surface area (Å²) in [5, 5.41) is 13.5. The smallest absolute Gasteiger partial charge is 0.250 e. The van der Waals surface area contributed by atoms with E-state index in [2.05, 4.69) is 45.0 Å². The van der Waals surface area contributed by atoms with Crippen molar-refractivity contribution in [2.24, 2.45) is 0 Å². The third-order valence-corrected chi connectivity index (χ3v) is 5.29. The van der Waals surface area contributed by atoms with E-state index < -0.39 is 0 Å². The Kier molecular flexibility index (Phi) is 3.39. The van der Waals surface area contributed by atoms with E-state index >= 15 is 0 Å². The Morgan fingerprint density at radius 2 is 1.65 bits per heavy atom. The number of hydrogen-bond acceptors (Lipinski definition) is 2. The zero-order valence-corrected chi connectivity index (χ0v) is 14.4. The second-order valence-electron chi connectivity index (χ2n) is 6.82. The monoisotopic (exact) mass is 339 g/mol. The molecule has 0 spiro atoms. The van der Waals surface area contributed by atoms with E-state index in [0.29, 0.717) is 0 Å². The van der Waals surface area contributed by atoms with Crippen LogP contribution in [-0.2, 0) is 12.8 Å². The number of imidazole rings is 1. The van der Waals surface area contributed by atoms with Gasteiger partial charge in [0.15, 0.2) is 0 Å². The minimum Gasteiger partial charge on any atom is -0.273 e. The molecule has 0 aliphatic heterocycles. The Balaban J connectivity index is 1.90. The average molecular weight is 339 g/mol. The summed E-state index contributed by atoms with van der Waals surface area (Å²) in [5.74, 6) is 1.08. The molecular formula is C22H19N4+. The molecule has 4 heteroatoms. The summed E-state index contributed by atoms with van der Waals surface area (Å²) in [6, 6.07) is 21.0. The molecule has 1 aliphatic rings. The van der Waals surface area contributed by atoms with Crippen LogP contribution in [-0.4, -0.2) is 4.98 Å². The van der Waals surface area contributed by atoms with E-state index in [1.54, 1.807) is 0 Å². The van der Waals surface area contributed by atoms with Crippen LogP contribution in [0.1, 0.15) is 29.5 Å². The number of rotatable bonds is 2. The van der Waals surface area contributed by atoms with Gasteiger partial charge in [-0.15, -0.1) is 0 Å². The Hall–Kier alpha value is -3.32. The molecule has 2 heterocycles. The van der Waals surface area contributed by atoms with Crippen molar-refractivity contribution in [2.75, 3.05) is 5.32 Å². The molecule has 0 radical (unpaired) electrons. The first kappa shape index (κ1) is 15.0. The molecule has 1 aliphatic carbocycles. The van der Waals surface area contributed by atoms with Gasteiger partial charge in [-0.05, 0) is 55.5 Å². The number of fused-ring (bicyclic) bond motifs is 4. The van der Waals surface area contributed by atoms with Crippen molar-refractivity contribution >= 4 is 28.2 Å². The number of hydrogen-bond donors (Lipinski definition) is 2. The zero-order valence-electron chi connectivity index (χ0n) is 14.4. The first-order valence-corrected chi connectivity index (χ1v) is 9.09. The molecule has 5 rings (SSSR count). The van der Waals surface area contributed by atoms with Crippen molar-refractivity contribution in [1.82, 2.24) is 4.98 Å². The highest BCUT2D eigenvalue weighted by Gasteiger charge is 2.28. The molecule has 0 atom stereocenters. The van der Waals surface area contributed by atoms with Crippen LogP contribution in [0.2, 0.25) is 0 Å². The molecule has 2 aromatic heterocycles. The standard InChI is InChI=1S/C22H18N4/c23-14-18-16-10-4-5-11-17(16)21(24-15-8-2-1-3-9-15)26-20-13-7-6-12-19(20)25-22(18)26/h1-3,6-9,12-13H,4-5,10-11H2,(H,24,25)/p+1. The van der Waals surface area contributed by atoms with Crippen LogP contribution >= 0.6 is 0 Å². The van der Waals surface area contributed by atoms with Crippen molar-refractivity contribution in [3.63, 3.8) is 0 Å². The average Bonchev–Trinajstić information content (AvgIpc) is 3.08. The van der Waals surface area contributed by atoms with E-state index in [-0.39, 0.29) is 0 Å². The summed E-state index contributed by atoms with van der Waals surface area (Å²) in [6.07, 6.45) is 4.27. The molecule has 126 valence electrons. The molecule has 0 fully saturated rings. The Morgan fingerprint density at radius 3 is 2.46 bits per heavy atom. The lowest BCUT2D eigenvalue weighted by molar-refractivity contribution is -0.465. The highest BCUT2D eigenvalue weighted by atomic mass is 15.1. The molecule has 4 nitrogen and oxygen atoms in total. The van der Waals surface area contributed by atoms with Crippen molar-refractivity contribution in [1.29, 1.82) is 5.26 Å². The van der Waals surface area contributed by atoms with Crippen LogP contribution in [0.4, 0.5) is 11.5 Å². The maximum atomic E-state index is 9.89. The first-order valence-electron chi connectivity index (χ1n) is 9.09. The van der Waals surface area contributed by atoms with Crippen molar-refractivity contribution in [2.45, 2.75) is 25.7 Å². The number of para-hydroxylation sites is 3. The summed E-state index contributed by atoms with van der Waals surface area (Å²) in [5.41, 5.74) is 7.34. The van der Waals surface area contributed by atoms with Crippen LogP contribution in [0.5, 0.6) is 0 Å². The molecule has 26 heavy (non-hydrogen) atoms. The second-order valence-corrected chi connectivity index (χ2v) is 6.82. The van der Waals surface area contributed by atoms with Gasteiger partial charge in [0, 0.05) is 5.56 Å². The Morgan fingerprint density at radius 1 is 0.923 bits per heavy atom. The molecule has 4 aromatic rings. The fraction of sp³-hybridized carbons (Fsp3) is 0.182. The van der Waals surface area contributed by atoms with Gasteiger partial charge in [0.1, 0.15) is 22.7 Å². The largest absolute Gasteiger partial charge is 0.273 e.